The molecule has 4 rings (SSSR count). The van der Waals surface area contributed by atoms with Gasteiger partial charge in [0.15, 0.2) is 0 Å². The molecule has 0 aliphatic carbocycles. The van der Waals surface area contributed by atoms with Crippen LogP contribution < -0.4 is 0 Å². The molecular formula is C30H35N3O4. The van der Waals surface area contributed by atoms with Gasteiger partial charge in [-0.15, -0.1) is 0 Å². The first-order valence-electron chi connectivity index (χ1n) is 12.9. The third-order valence-corrected chi connectivity index (χ3v) is 7.01. The van der Waals surface area contributed by atoms with Gasteiger partial charge in [-0.05, 0) is 25.0 Å². The summed E-state index contributed by atoms with van der Waals surface area (Å²) < 4.78 is 5.34. The van der Waals surface area contributed by atoms with Gasteiger partial charge in [0.25, 0.3) is 0 Å². The summed E-state index contributed by atoms with van der Waals surface area (Å²) in [5.41, 5.74) is 3.02. The van der Waals surface area contributed by atoms with Crippen molar-refractivity contribution in [1.82, 2.24) is 14.7 Å². The number of allylic oxidation sites excluding steroid dienone is 1. The van der Waals surface area contributed by atoms with Crippen molar-refractivity contribution in [2.75, 3.05) is 45.9 Å². The monoisotopic (exact) mass is 501 g/mol. The number of rotatable bonds is 8. The number of amides is 2. The fourth-order valence-electron chi connectivity index (χ4n) is 4.96. The Morgan fingerprint density at radius 2 is 1.62 bits per heavy atom. The summed E-state index contributed by atoms with van der Waals surface area (Å²) in [4.78, 5) is 44.9. The Bertz CT molecular complexity index is 1150. The van der Waals surface area contributed by atoms with Gasteiger partial charge < -0.3 is 14.5 Å². The van der Waals surface area contributed by atoms with Crippen molar-refractivity contribution in [3.63, 3.8) is 0 Å². The summed E-state index contributed by atoms with van der Waals surface area (Å²) in [7, 11) is 0. The molecule has 1 saturated heterocycles. The van der Waals surface area contributed by atoms with E-state index in [0.29, 0.717) is 24.4 Å². The van der Waals surface area contributed by atoms with E-state index in [1.807, 2.05) is 53.4 Å². The van der Waals surface area contributed by atoms with E-state index in [0.717, 1.165) is 25.2 Å². The maximum Gasteiger partial charge on any atom is 0.336 e. The lowest BCUT2D eigenvalue weighted by Crippen LogP contribution is -2.52. The van der Waals surface area contributed by atoms with Gasteiger partial charge in [-0.25, -0.2) is 4.79 Å². The molecule has 1 unspecified atom stereocenters. The van der Waals surface area contributed by atoms with Crippen molar-refractivity contribution < 1.29 is 19.1 Å². The molecule has 1 fully saturated rings. The Hall–Kier alpha value is -3.71. The summed E-state index contributed by atoms with van der Waals surface area (Å²) in [5, 5.41) is 0. The fraction of sp³-hybridized carbons (Fsp3) is 0.367. The molecule has 2 heterocycles. The second-order valence-electron chi connectivity index (χ2n) is 9.36. The minimum absolute atomic E-state index is 0.0665. The van der Waals surface area contributed by atoms with E-state index in [4.69, 9.17) is 4.74 Å². The zero-order valence-corrected chi connectivity index (χ0v) is 21.6. The van der Waals surface area contributed by atoms with Crippen LogP contribution in [-0.2, 0) is 19.1 Å². The summed E-state index contributed by atoms with van der Waals surface area (Å²) in [6.07, 6.45) is 4.39. The van der Waals surface area contributed by atoms with Crippen LogP contribution in [0.3, 0.4) is 0 Å². The topological polar surface area (TPSA) is 70.2 Å². The highest BCUT2D eigenvalue weighted by atomic mass is 16.5. The van der Waals surface area contributed by atoms with E-state index in [2.05, 4.69) is 29.2 Å². The molecule has 37 heavy (non-hydrogen) atoms. The van der Waals surface area contributed by atoms with E-state index in [1.165, 1.54) is 10.5 Å². The molecule has 2 aromatic rings. The standard InChI is InChI=1S/C30H35N3O4/c1-3-37-30(36)29-23(2)33(27(34)21-26(29)25-14-8-5-9-15-25)22-28(35)32-19-17-31(18-20-32)16-10-13-24-11-6-4-7-12-24/h4-15,26H,3,16-22H2,1-2H3/b13-10+. The van der Waals surface area contributed by atoms with Gasteiger partial charge in [0.2, 0.25) is 11.8 Å². The van der Waals surface area contributed by atoms with Gasteiger partial charge in [0.1, 0.15) is 6.54 Å². The molecule has 0 spiro atoms. The average Bonchev–Trinajstić information content (AvgIpc) is 2.92. The Morgan fingerprint density at radius 1 is 0.973 bits per heavy atom. The van der Waals surface area contributed by atoms with Crippen LogP contribution in [0.4, 0.5) is 0 Å². The fourth-order valence-corrected chi connectivity index (χ4v) is 4.96. The van der Waals surface area contributed by atoms with Crippen molar-refractivity contribution in [3.8, 4) is 0 Å². The zero-order chi connectivity index (χ0) is 26.2. The largest absolute Gasteiger partial charge is 0.463 e. The van der Waals surface area contributed by atoms with E-state index in [-0.39, 0.29) is 37.3 Å². The lowest BCUT2D eigenvalue weighted by atomic mass is 9.83. The number of esters is 1. The summed E-state index contributed by atoms with van der Waals surface area (Å²) in [5.74, 6) is -1.08. The second-order valence-corrected chi connectivity index (χ2v) is 9.36. The van der Waals surface area contributed by atoms with Crippen LogP contribution in [0.5, 0.6) is 0 Å². The van der Waals surface area contributed by atoms with Gasteiger partial charge in [-0.2, -0.15) is 0 Å². The Labute approximate surface area is 219 Å². The van der Waals surface area contributed by atoms with Gasteiger partial charge in [0.05, 0.1) is 12.2 Å². The molecule has 1 atom stereocenters. The van der Waals surface area contributed by atoms with E-state index in [1.54, 1.807) is 13.8 Å². The van der Waals surface area contributed by atoms with Gasteiger partial charge >= 0.3 is 5.97 Å². The number of hydrogen-bond donors (Lipinski definition) is 0. The first kappa shape index (κ1) is 26.4. The molecule has 194 valence electrons. The predicted molar refractivity (Wildman–Crippen MR) is 143 cm³/mol. The first-order valence-corrected chi connectivity index (χ1v) is 12.9. The molecule has 0 N–H and O–H groups in total. The predicted octanol–water partition coefficient (Wildman–Crippen LogP) is 3.70. The summed E-state index contributed by atoms with van der Waals surface area (Å²) in [6, 6.07) is 19.7. The number of carbonyl (C=O) groups excluding carboxylic acids is 3. The molecule has 2 aromatic carbocycles. The third-order valence-electron chi connectivity index (χ3n) is 7.01. The summed E-state index contributed by atoms with van der Waals surface area (Å²) in [6.45, 7) is 7.28. The van der Waals surface area contributed by atoms with E-state index >= 15 is 0 Å². The maximum absolute atomic E-state index is 13.2. The van der Waals surface area contributed by atoms with Crippen molar-refractivity contribution in [2.45, 2.75) is 26.2 Å². The Kier molecular flexibility index (Phi) is 8.90. The smallest absolute Gasteiger partial charge is 0.336 e. The van der Waals surface area contributed by atoms with Crippen molar-refractivity contribution in [3.05, 3.63) is 89.1 Å². The lowest BCUT2D eigenvalue weighted by Gasteiger charge is -2.37. The van der Waals surface area contributed by atoms with Gasteiger partial charge in [0, 0.05) is 50.8 Å². The molecular weight excluding hydrogens is 466 g/mol. The normalized spacial score (nSPS) is 19.0. The number of ether oxygens (including phenoxy) is 1. The highest BCUT2D eigenvalue weighted by Crippen LogP contribution is 2.37. The average molecular weight is 502 g/mol. The minimum Gasteiger partial charge on any atom is -0.463 e. The van der Waals surface area contributed by atoms with Crippen LogP contribution in [0.25, 0.3) is 6.08 Å². The second kappa shape index (κ2) is 12.5. The number of benzene rings is 2. The van der Waals surface area contributed by atoms with E-state index < -0.39 is 5.97 Å². The van der Waals surface area contributed by atoms with Crippen LogP contribution in [0.15, 0.2) is 78.0 Å². The molecule has 0 aromatic heterocycles. The Balaban J connectivity index is 1.39. The molecule has 0 radical (unpaired) electrons. The molecule has 7 heteroatoms. The van der Waals surface area contributed by atoms with Gasteiger partial charge in [-0.3, -0.25) is 14.5 Å². The van der Waals surface area contributed by atoms with Gasteiger partial charge in [-0.1, -0.05) is 72.8 Å². The van der Waals surface area contributed by atoms with E-state index in [9.17, 15) is 14.4 Å². The zero-order valence-electron chi connectivity index (χ0n) is 21.6. The SMILES string of the molecule is CCOC(=O)C1=C(C)N(CC(=O)N2CCN(C/C=C/c3ccccc3)CC2)C(=O)CC1c1ccccc1. The van der Waals surface area contributed by atoms with Crippen LogP contribution >= 0.6 is 0 Å². The number of hydrogen-bond acceptors (Lipinski definition) is 5. The van der Waals surface area contributed by atoms with Crippen molar-refractivity contribution in [1.29, 1.82) is 0 Å². The first-order chi connectivity index (χ1) is 18.0. The molecule has 2 aliphatic heterocycles. The molecule has 0 bridgehead atoms. The van der Waals surface area contributed by atoms with Crippen LogP contribution in [0.1, 0.15) is 37.3 Å². The molecule has 2 aliphatic rings. The van der Waals surface area contributed by atoms with Crippen LogP contribution in [0.2, 0.25) is 0 Å². The summed E-state index contributed by atoms with van der Waals surface area (Å²) >= 11 is 0. The molecule has 2 amide bonds. The highest BCUT2D eigenvalue weighted by Gasteiger charge is 2.38. The maximum atomic E-state index is 13.2. The molecule has 7 nitrogen and oxygen atoms in total. The van der Waals surface area contributed by atoms with Crippen LogP contribution in [0, 0.1) is 0 Å². The Morgan fingerprint density at radius 3 is 2.27 bits per heavy atom. The quantitative estimate of drug-likeness (QED) is 0.516. The number of nitrogens with zero attached hydrogens (tertiary/aromatic N) is 3. The van der Waals surface area contributed by atoms with Crippen LogP contribution in [-0.4, -0.2) is 78.4 Å². The highest BCUT2D eigenvalue weighted by molar-refractivity contribution is 5.97. The van der Waals surface area contributed by atoms with Crippen molar-refractivity contribution >= 4 is 23.9 Å². The third kappa shape index (κ3) is 6.54. The molecule has 0 saturated carbocycles. The van der Waals surface area contributed by atoms with Crippen molar-refractivity contribution in [2.24, 2.45) is 0 Å². The number of piperazine rings is 1. The minimum atomic E-state index is -0.434. The number of carbonyl (C=O) groups is 3. The lowest BCUT2D eigenvalue weighted by molar-refractivity contribution is -0.143.